The van der Waals surface area contributed by atoms with Crippen molar-refractivity contribution in [1.29, 1.82) is 0 Å². The van der Waals surface area contributed by atoms with Crippen LogP contribution in [0.1, 0.15) is 17.2 Å². The lowest BCUT2D eigenvalue weighted by Crippen LogP contribution is -2.37. The smallest absolute Gasteiger partial charge is 0.0600 e. The maximum absolute atomic E-state index is 10.7. The average Bonchev–Trinajstić information content (AvgIpc) is 2.43. The van der Waals surface area contributed by atoms with E-state index in [4.69, 9.17) is 5.73 Å². The Balaban J connectivity index is 2.40. The third-order valence-electron chi connectivity index (χ3n) is 2.94. The van der Waals surface area contributed by atoms with Gasteiger partial charge in [-0.2, -0.15) is 0 Å². The van der Waals surface area contributed by atoms with Gasteiger partial charge in [-0.3, -0.25) is 0 Å². The first-order valence-electron chi connectivity index (χ1n) is 6.11. The Labute approximate surface area is 125 Å². The Hall–Kier alpha value is -1.85. The van der Waals surface area contributed by atoms with Gasteiger partial charge in [-0.05, 0) is 29.3 Å². The fourth-order valence-electron chi connectivity index (χ4n) is 2.03. The number of carbonyl (C=O) groups is 1. The second-order valence-corrected chi connectivity index (χ2v) is 5.29. The van der Waals surface area contributed by atoms with Gasteiger partial charge in [0.25, 0.3) is 0 Å². The van der Waals surface area contributed by atoms with E-state index in [1.807, 2.05) is 42.5 Å². The molecule has 0 aromatic heterocycles. The van der Waals surface area contributed by atoms with Crippen molar-refractivity contribution in [3.05, 3.63) is 64.1 Å². The number of carbonyl (C=O) groups excluding carboxylic acids is 1. The molecule has 3 N–H and O–H groups in total. The molecule has 0 fully saturated rings. The van der Waals surface area contributed by atoms with Gasteiger partial charge in [0.2, 0.25) is 0 Å². The molecule has 0 saturated carbocycles. The van der Waals surface area contributed by atoms with E-state index in [0.717, 1.165) is 15.6 Å². The molecular formula is C15H14BrN2O2-. The third-order valence-corrected chi connectivity index (χ3v) is 3.44. The number of nitrogens with two attached hydrogens (primary N) is 1. The summed E-state index contributed by atoms with van der Waals surface area (Å²) in [5.41, 5.74) is 8.38. The predicted octanol–water partition coefficient (Wildman–Crippen LogP) is 1.46. The molecule has 0 saturated heterocycles. The van der Waals surface area contributed by atoms with Gasteiger partial charge in [-0.15, -0.1) is 0 Å². The molecule has 5 heteroatoms. The summed E-state index contributed by atoms with van der Waals surface area (Å²) in [6.07, 6.45) is 0. The molecule has 0 aliphatic carbocycles. The number of nitrogen functional groups attached to an aromatic ring is 1. The molecule has 4 nitrogen and oxygen atoms in total. The van der Waals surface area contributed by atoms with Crippen molar-refractivity contribution in [3.63, 3.8) is 0 Å². The predicted molar refractivity (Wildman–Crippen MR) is 79.8 cm³/mol. The number of hydrogen-bond donors (Lipinski definition) is 2. The van der Waals surface area contributed by atoms with Crippen molar-refractivity contribution in [2.24, 2.45) is 0 Å². The van der Waals surface area contributed by atoms with Crippen molar-refractivity contribution in [2.45, 2.75) is 6.04 Å². The number of carboxylic acid groups (broad SMARTS) is 1. The molecule has 2 aromatic rings. The summed E-state index contributed by atoms with van der Waals surface area (Å²) >= 11 is 3.41. The van der Waals surface area contributed by atoms with Gasteiger partial charge in [-0.1, -0.05) is 46.3 Å². The van der Waals surface area contributed by atoms with Crippen LogP contribution in [0.5, 0.6) is 0 Å². The van der Waals surface area contributed by atoms with Crippen LogP contribution in [0.2, 0.25) is 0 Å². The molecule has 2 rings (SSSR count). The van der Waals surface area contributed by atoms with Crippen LogP contribution in [-0.4, -0.2) is 12.5 Å². The lowest BCUT2D eigenvalue weighted by molar-refractivity contribution is -0.304. The quantitative estimate of drug-likeness (QED) is 0.812. The lowest BCUT2D eigenvalue weighted by atomic mass is 9.97. The van der Waals surface area contributed by atoms with Crippen LogP contribution in [0.15, 0.2) is 53.0 Å². The topological polar surface area (TPSA) is 78.2 Å². The Kier molecular flexibility index (Phi) is 4.76. The fraction of sp³-hybridized carbons (Fsp3) is 0.133. The van der Waals surface area contributed by atoms with Crippen molar-refractivity contribution in [2.75, 3.05) is 12.3 Å². The Morgan fingerprint density at radius 1 is 1.25 bits per heavy atom. The Morgan fingerprint density at radius 3 is 2.60 bits per heavy atom. The summed E-state index contributed by atoms with van der Waals surface area (Å²) in [6.45, 7) is -0.245. The molecule has 0 aliphatic heterocycles. The van der Waals surface area contributed by atoms with Crippen LogP contribution in [0, 0.1) is 0 Å². The molecule has 0 bridgehead atoms. The molecule has 0 spiro atoms. The Morgan fingerprint density at radius 2 is 1.95 bits per heavy atom. The number of hydrogen-bond acceptors (Lipinski definition) is 4. The second kappa shape index (κ2) is 6.54. The number of aliphatic carboxylic acids is 1. The van der Waals surface area contributed by atoms with E-state index in [9.17, 15) is 9.90 Å². The highest BCUT2D eigenvalue weighted by molar-refractivity contribution is 9.10. The second-order valence-electron chi connectivity index (χ2n) is 4.37. The SMILES string of the molecule is Nc1ccc(Br)cc1C(NCC(=O)[O-])c1ccccc1. The maximum Gasteiger partial charge on any atom is 0.0600 e. The number of halogens is 1. The van der Waals surface area contributed by atoms with E-state index in [2.05, 4.69) is 21.2 Å². The van der Waals surface area contributed by atoms with Crippen LogP contribution < -0.4 is 16.2 Å². The third kappa shape index (κ3) is 3.59. The molecule has 1 unspecified atom stereocenters. The molecule has 104 valence electrons. The first-order valence-corrected chi connectivity index (χ1v) is 6.90. The minimum Gasteiger partial charge on any atom is -0.549 e. The molecule has 0 amide bonds. The first kappa shape index (κ1) is 14.6. The fourth-order valence-corrected chi connectivity index (χ4v) is 2.41. The van der Waals surface area contributed by atoms with Gasteiger partial charge < -0.3 is 21.0 Å². The van der Waals surface area contributed by atoms with E-state index in [1.165, 1.54) is 0 Å². The average molecular weight is 334 g/mol. The molecule has 0 aliphatic rings. The first-order chi connectivity index (χ1) is 9.58. The zero-order valence-corrected chi connectivity index (χ0v) is 12.3. The van der Waals surface area contributed by atoms with E-state index < -0.39 is 5.97 Å². The monoisotopic (exact) mass is 333 g/mol. The van der Waals surface area contributed by atoms with E-state index in [0.29, 0.717) is 5.69 Å². The van der Waals surface area contributed by atoms with Gasteiger partial charge in [-0.25, -0.2) is 0 Å². The standard InChI is InChI=1S/C15H15BrN2O2/c16-11-6-7-13(17)12(8-11)15(18-9-14(19)20)10-4-2-1-3-5-10/h1-8,15,18H,9,17H2,(H,19,20)/p-1. The number of benzene rings is 2. The van der Waals surface area contributed by atoms with E-state index >= 15 is 0 Å². The maximum atomic E-state index is 10.7. The van der Waals surface area contributed by atoms with Gasteiger partial charge in [0.05, 0.1) is 12.0 Å². The molecule has 0 heterocycles. The summed E-state index contributed by atoms with van der Waals surface area (Å²) in [5, 5.41) is 13.7. The summed E-state index contributed by atoms with van der Waals surface area (Å²) in [5.74, 6) is -1.15. The molecule has 1 atom stereocenters. The van der Waals surface area contributed by atoms with Crippen molar-refractivity contribution < 1.29 is 9.90 Å². The normalized spacial score (nSPS) is 12.1. The van der Waals surface area contributed by atoms with Crippen LogP contribution in [0.25, 0.3) is 0 Å². The molecular weight excluding hydrogens is 320 g/mol. The zero-order valence-electron chi connectivity index (χ0n) is 10.7. The minimum atomic E-state index is -1.15. The number of rotatable bonds is 5. The summed E-state index contributed by atoms with van der Waals surface area (Å²) in [6, 6.07) is 14.8. The largest absolute Gasteiger partial charge is 0.549 e. The number of carboxylic acids is 1. The highest BCUT2D eigenvalue weighted by atomic mass is 79.9. The van der Waals surface area contributed by atoms with Gasteiger partial charge in [0.1, 0.15) is 0 Å². The number of nitrogens with one attached hydrogen (secondary N) is 1. The van der Waals surface area contributed by atoms with Crippen molar-refractivity contribution in [1.82, 2.24) is 5.32 Å². The lowest BCUT2D eigenvalue weighted by Gasteiger charge is -2.22. The summed E-state index contributed by atoms with van der Waals surface area (Å²) in [7, 11) is 0. The number of anilines is 1. The molecule has 20 heavy (non-hydrogen) atoms. The summed E-state index contributed by atoms with van der Waals surface area (Å²) in [4.78, 5) is 10.7. The molecule has 2 aromatic carbocycles. The summed E-state index contributed by atoms with van der Waals surface area (Å²) < 4.78 is 0.887. The van der Waals surface area contributed by atoms with Crippen molar-refractivity contribution >= 4 is 27.6 Å². The van der Waals surface area contributed by atoms with E-state index in [1.54, 1.807) is 6.07 Å². The van der Waals surface area contributed by atoms with Crippen LogP contribution >= 0.6 is 15.9 Å². The van der Waals surface area contributed by atoms with E-state index in [-0.39, 0.29) is 12.6 Å². The zero-order chi connectivity index (χ0) is 14.5. The van der Waals surface area contributed by atoms with Crippen LogP contribution in [0.3, 0.4) is 0 Å². The minimum absolute atomic E-state index is 0.245. The Bertz CT molecular complexity index is 602. The molecule has 0 radical (unpaired) electrons. The van der Waals surface area contributed by atoms with Gasteiger partial charge in [0, 0.05) is 16.7 Å². The van der Waals surface area contributed by atoms with Crippen LogP contribution in [0.4, 0.5) is 5.69 Å². The van der Waals surface area contributed by atoms with Crippen LogP contribution in [-0.2, 0) is 4.79 Å². The van der Waals surface area contributed by atoms with Gasteiger partial charge in [0.15, 0.2) is 0 Å². The van der Waals surface area contributed by atoms with Crippen molar-refractivity contribution in [3.8, 4) is 0 Å². The highest BCUT2D eigenvalue weighted by Gasteiger charge is 2.16. The highest BCUT2D eigenvalue weighted by Crippen LogP contribution is 2.29. The van der Waals surface area contributed by atoms with Gasteiger partial charge >= 0.3 is 0 Å².